The van der Waals surface area contributed by atoms with Crippen molar-refractivity contribution in [3.05, 3.63) is 65.5 Å². The Morgan fingerprint density at radius 1 is 1.08 bits per heavy atom. The van der Waals surface area contributed by atoms with Gasteiger partial charge in [-0.15, -0.1) is 12.4 Å². The van der Waals surface area contributed by atoms with Crippen molar-refractivity contribution in [2.75, 3.05) is 19.6 Å². The second-order valence-corrected chi connectivity index (χ2v) is 7.24. The van der Waals surface area contributed by atoms with Crippen LogP contribution in [0.5, 0.6) is 0 Å². The zero-order chi connectivity index (χ0) is 16.9. The Kier molecular flexibility index (Phi) is 7.83. The molecule has 0 atom stereocenters. The van der Waals surface area contributed by atoms with Gasteiger partial charge >= 0.3 is 0 Å². The molecule has 0 aromatic heterocycles. The van der Waals surface area contributed by atoms with E-state index in [1.807, 2.05) is 30.3 Å². The third kappa shape index (κ3) is 5.01. The van der Waals surface area contributed by atoms with E-state index in [4.69, 9.17) is 5.73 Å². The van der Waals surface area contributed by atoms with Crippen LogP contribution in [-0.4, -0.2) is 32.4 Å². The van der Waals surface area contributed by atoms with Crippen molar-refractivity contribution in [3.63, 3.8) is 0 Å². The maximum Gasteiger partial charge on any atom is 0.243 e. The fourth-order valence-corrected chi connectivity index (χ4v) is 4.10. The van der Waals surface area contributed by atoms with Gasteiger partial charge in [-0.05, 0) is 42.7 Å². The molecular weight excluding hydrogens is 351 g/mol. The Morgan fingerprint density at radius 2 is 1.75 bits per heavy atom. The van der Waals surface area contributed by atoms with Gasteiger partial charge in [0.25, 0.3) is 0 Å². The lowest BCUT2D eigenvalue weighted by Crippen LogP contribution is -2.37. The van der Waals surface area contributed by atoms with Crippen molar-refractivity contribution in [1.29, 1.82) is 0 Å². The van der Waals surface area contributed by atoms with E-state index >= 15 is 0 Å². The number of hydrogen-bond acceptors (Lipinski definition) is 3. The molecular formula is C17H22ClFN2O2S. The Morgan fingerprint density at radius 3 is 2.33 bits per heavy atom. The quantitative estimate of drug-likeness (QED) is 0.812. The van der Waals surface area contributed by atoms with Crippen molar-refractivity contribution < 1.29 is 12.8 Å². The largest absolute Gasteiger partial charge is 0.329 e. The van der Waals surface area contributed by atoms with E-state index in [1.165, 1.54) is 16.4 Å². The number of benzene rings is 2. The molecule has 0 fully saturated rings. The monoisotopic (exact) mass is 372 g/mol. The smallest absolute Gasteiger partial charge is 0.243 e. The van der Waals surface area contributed by atoms with Crippen LogP contribution in [0.3, 0.4) is 0 Å². The first-order chi connectivity index (χ1) is 10.9. The molecule has 0 bridgehead atoms. The summed E-state index contributed by atoms with van der Waals surface area (Å²) in [5.41, 5.74) is 7.02. The highest BCUT2D eigenvalue weighted by Crippen LogP contribution is 2.21. The summed E-state index contributed by atoms with van der Waals surface area (Å²) in [4.78, 5) is 0.125. The van der Waals surface area contributed by atoms with Crippen LogP contribution in [0.15, 0.2) is 53.4 Å². The number of aryl methyl sites for hydroxylation is 1. The highest BCUT2D eigenvalue weighted by molar-refractivity contribution is 7.89. The minimum Gasteiger partial charge on any atom is -0.329 e. The van der Waals surface area contributed by atoms with Crippen LogP contribution >= 0.6 is 12.4 Å². The molecule has 0 aliphatic rings. The molecule has 0 unspecified atom stereocenters. The second-order valence-electron chi connectivity index (χ2n) is 5.34. The normalized spacial score (nSPS) is 11.3. The van der Waals surface area contributed by atoms with Crippen LogP contribution in [0, 0.1) is 12.7 Å². The fraction of sp³-hybridized carbons (Fsp3) is 0.294. The van der Waals surface area contributed by atoms with Crippen LogP contribution in [0.4, 0.5) is 4.39 Å². The number of nitrogens with zero attached hydrogens (tertiary/aromatic N) is 1. The molecule has 4 nitrogen and oxygen atoms in total. The fourth-order valence-electron chi connectivity index (χ4n) is 2.44. The summed E-state index contributed by atoms with van der Waals surface area (Å²) in [6.07, 6.45) is 0.598. The molecule has 0 spiro atoms. The molecule has 0 aliphatic heterocycles. The molecule has 7 heteroatoms. The van der Waals surface area contributed by atoms with Gasteiger partial charge in [0.15, 0.2) is 0 Å². The van der Waals surface area contributed by atoms with Gasteiger partial charge < -0.3 is 5.73 Å². The molecule has 0 radical (unpaired) electrons. The number of nitrogens with two attached hydrogens (primary N) is 1. The van der Waals surface area contributed by atoms with Gasteiger partial charge in [0.1, 0.15) is 5.82 Å². The molecule has 0 amide bonds. The number of rotatable bonds is 7. The Labute approximate surface area is 148 Å². The molecule has 24 heavy (non-hydrogen) atoms. The van der Waals surface area contributed by atoms with Crippen molar-refractivity contribution in [2.24, 2.45) is 5.73 Å². The predicted octanol–water partition coefficient (Wildman–Crippen LogP) is 2.75. The van der Waals surface area contributed by atoms with Crippen molar-refractivity contribution >= 4 is 22.4 Å². The lowest BCUT2D eigenvalue weighted by molar-refractivity contribution is 0.421. The zero-order valence-electron chi connectivity index (χ0n) is 13.5. The maximum atomic E-state index is 13.2. The summed E-state index contributed by atoms with van der Waals surface area (Å²) in [6, 6.07) is 13.4. The van der Waals surface area contributed by atoms with Crippen LogP contribution < -0.4 is 5.73 Å². The minimum atomic E-state index is -3.69. The molecule has 0 heterocycles. The molecule has 2 aromatic rings. The van der Waals surface area contributed by atoms with Crippen molar-refractivity contribution in [1.82, 2.24) is 4.31 Å². The van der Waals surface area contributed by atoms with Crippen molar-refractivity contribution in [2.45, 2.75) is 18.2 Å². The maximum absolute atomic E-state index is 13.2. The van der Waals surface area contributed by atoms with E-state index in [1.54, 1.807) is 6.92 Å². The van der Waals surface area contributed by atoms with Gasteiger partial charge in [-0.3, -0.25) is 0 Å². The summed E-state index contributed by atoms with van der Waals surface area (Å²) in [5, 5.41) is 0. The predicted molar refractivity (Wildman–Crippen MR) is 96.3 cm³/mol. The summed E-state index contributed by atoms with van der Waals surface area (Å²) < 4.78 is 40.2. The van der Waals surface area contributed by atoms with E-state index in [9.17, 15) is 12.8 Å². The third-order valence-electron chi connectivity index (χ3n) is 3.63. The molecule has 0 aliphatic carbocycles. The Hall–Kier alpha value is -1.47. The van der Waals surface area contributed by atoms with Crippen molar-refractivity contribution in [3.8, 4) is 0 Å². The minimum absolute atomic E-state index is 0. The van der Waals surface area contributed by atoms with Gasteiger partial charge in [-0.25, -0.2) is 12.8 Å². The second kappa shape index (κ2) is 9.13. The van der Waals surface area contributed by atoms with Gasteiger partial charge in [-0.1, -0.05) is 30.3 Å². The molecule has 2 N–H and O–H groups in total. The van der Waals surface area contributed by atoms with Gasteiger partial charge in [0.05, 0.1) is 4.90 Å². The SMILES string of the molecule is Cc1cc(F)ccc1S(=O)(=O)N(CCN)CCc1ccccc1.Cl. The van der Waals surface area contributed by atoms with Gasteiger partial charge in [0, 0.05) is 19.6 Å². The van der Waals surface area contributed by atoms with E-state index in [2.05, 4.69) is 0 Å². The summed E-state index contributed by atoms with van der Waals surface area (Å²) >= 11 is 0. The first-order valence-corrected chi connectivity index (χ1v) is 8.89. The molecule has 132 valence electrons. The Balaban J connectivity index is 0.00000288. The topological polar surface area (TPSA) is 63.4 Å². The van der Waals surface area contributed by atoms with Crippen LogP contribution in [0.25, 0.3) is 0 Å². The standard InChI is InChI=1S/C17H21FN2O2S.ClH/c1-14-13-16(18)7-8-17(14)23(21,22)20(12-10-19)11-9-15-5-3-2-4-6-15;/h2-8,13H,9-12,19H2,1H3;1H. The summed E-state index contributed by atoms with van der Waals surface area (Å²) in [6.45, 7) is 2.38. The molecule has 0 saturated heterocycles. The molecule has 0 saturated carbocycles. The Bertz CT molecular complexity index is 754. The first-order valence-electron chi connectivity index (χ1n) is 7.45. The van der Waals surface area contributed by atoms with E-state index < -0.39 is 15.8 Å². The van der Waals surface area contributed by atoms with E-state index in [0.29, 0.717) is 18.5 Å². The number of hydrogen-bond donors (Lipinski definition) is 1. The van der Waals surface area contributed by atoms with Crippen LogP contribution in [-0.2, 0) is 16.4 Å². The average Bonchev–Trinajstić information content (AvgIpc) is 2.52. The van der Waals surface area contributed by atoms with Gasteiger partial charge in [0.2, 0.25) is 10.0 Å². The number of sulfonamides is 1. The van der Waals surface area contributed by atoms with Gasteiger partial charge in [-0.2, -0.15) is 4.31 Å². The van der Waals surface area contributed by atoms with Crippen LogP contribution in [0.2, 0.25) is 0 Å². The average molecular weight is 373 g/mol. The zero-order valence-corrected chi connectivity index (χ0v) is 15.1. The lowest BCUT2D eigenvalue weighted by atomic mass is 10.1. The highest BCUT2D eigenvalue weighted by atomic mass is 35.5. The first kappa shape index (κ1) is 20.6. The molecule has 2 aromatic carbocycles. The third-order valence-corrected chi connectivity index (χ3v) is 5.68. The number of halogens is 2. The summed E-state index contributed by atoms with van der Waals surface area (Å²) in [5.74, 6) is -0.448. The summed E-state index contributed by atoms with van der Waals surface area (Å²) in [7, 11) is -3.69. The van der Waals surface area contributed by atoms with E-state index in [0.717, 1.165) is 11.6 Å². The van der Waals surface area contributed by atoms with Crippen LogP contribution in [0.1, 0.15) is 11.1 Å². The highest BCUT2D eigenvalue weighted by Gasteiger charge is 2.25. The molecule has 2 rings (SSSR count). The van der Waals surface area contributed by atoms with E-state index in [-0.39, 0.29) is 30.4 Å². The lowest BCUT2D eigenvalue weighted by Gasteiger charge is -2.22.